The Morgan fingerprint density at radius 1 is 1.40 bits per heavy atom. The molecule has 3 rings (SSSR count). The van der Waals surface area contributed by atoms with Gasteiger partial charge in [-0.25, -0.2) is 9.97 Å². The molecular weight excluding hydrogens is 314 g/mol. The van der Waals surface area contributed by atoms with E-state index in [4.69, 9.17) is 0 Å². The van der Waals surface area contributed by atoms with Crippen molar-refractivity contribution in [3.63, 3.8) is 0 Å². The molecule has 2 aliphatic rings. The average Bonchev–Trinajstić information content (AvgIpc) is 2.96. The highest BCUT2D eigenvalue weighted by Crippen LogP contribution is 2.43. The number of carbonyl (C=O) groups excluding carboxylic acids is 1. The first kappa shape index (κ1) is 18.3. The molecule has 2 aliphatic heterocycles. The van der Waals surface area contributed by atoms with Crippen LogP contribution in [0.5, 0.6) is 0 Å². The van der Waals surface area contributed by atoms with Crippen molar-refractivity contribution in [1.29, 1.82) is 0 Å². The second-order valence-corrected chi connectivity index (χ2v) is 7.89. The van der Waals surface area contributed by atoms with E-state index in [9.17, 15) is 4.79 Å². The minimum Gasteiger partial charge on any atom is -0.338 e. The maximum Gasteiger partial charge on any atom is 0.240 e. The molecule has 0 aliphatic carbocycles. The summed E-state index contributed by atoms with van der Waals surface area (Å²) < 4.78 is 0. The number of amides is 1. The van der Waals surface area contributed by atoms with E-state index in [1.165, 1.54) is 12.8 Å². The lowest BCUT2D eigenvalue weighted by Gasteiger charge is -2.37. The molecule has 1 aromatic heterocycles. The van der Waals surface area contributed by atoms with Crippen molar-refractivity contribution < 1.29 is 4.79 Å². The van der Waals surface area contributed by atoms with E-state index in [-0.39, 0.29) is 11.9 Å². The maximum atomic E-state index is 13.2. The molecule has 6 nitrogen and oxygen atoms in total. The van der Waals surface area contributed by atoms with Gasteiger partial charge in [0.1, 0.15) is 6.33 Å². The van der Waals surface area contributed by atoms with Crippen LogP contribution in [0.3, 0.4) is 0 Å². The molecular formula is C19H31N5O. The Labute approximate surface area is 151 Å². The number of aromatic nitrogens is 2. The largest absolute Gasteiger partial charge is 0.338 e. The van der Waals surface area contributed by atoms with E-state index in [2.05, 4.69) is 33.7 Å². The fraction of sp³-hybridized carbons (Fsp3) is 0.737. The van der Waals surface area contributed by atoms with Crippen LogP contribution in [0.25, 0.3) is 0 Å². The van der Waals surface area contributed by atoms with Crippen LogP contribution >= 0.6 is 0 Å². The molecule has 25 heavy (non-hydrogen) atoms. The Morgan fingerprint density at radius 2 is 2.16 bits per heavy atom. The number of hydrogen-bond acceptors (Lipinski definition) is 5. The highest BCUT2D eigenvalue weighted by molar-refractivity contribution is 5.82. The van der Waals surface area contributed by atoms with Crippen LogP contribution in [0.4, 0.5) is 0 Å². The molecule has 0 aromatic carbocycles. The summed E-state index contributed by atoms with van der Waals surface area (Å²) in [6.45, 7) is 7.14. The second-order valence-electron chi connectivity index (χ2n) is 7.89. The van der Waals surface area contributed by atoms with Gasteiger partial charge in [-0.1, -0.05) is 6.92 Å². The molecule has 2 saturated heterocycles. The van der Waals surface area contributed by atoms with Crippen molar-refractivity contribution in [1.82, 2.24) is 24.7 Å². The van der Waals surface area contributed by atoms with Crippen LogP contribution in [0, 0.1) is 5.41 Å². The molecule has 0 radical (unpaired) electrons. The Balaban J connectivity index is 1.68. The second kappa shape index (κ2) is 7.79. The van der Waals surface area contributed by atoms with Gasteiger partial charge in [-0.05, 0) is 63.8 Å². The molecule has 1 atom stereocenters. The summed E-state index contributed by atoms with van der Waals surface area (Å²) in [6, 6.07) is 1.90. The van der Waals surface area contributed by atoms with Gasteiger partial charge in [-0.2, -0.15) is 0 Å². The van der Waals surface area contributed by atoms with Crippen molar-refractivity contribution >= 4 is 5.91 Å². The average molecular weight is 345 g/mol. The van der Waals surface area contributed by atoms with Crippen LogP contribution < -0.4 is 0 Å². The topological polar surface area (TPSA) is 52.6 Å². The van der Waals surface area contributed by atoms with Gasteiger partial charge in [0.2, 0.25) is 5.91 Å². The zero-order chi connectivity index (χ0) is 17.9. The minimum atomic E-state index is 0.0233. The van der Waals surface area contributed by atoms with Crippen LogP contribution in [0.15, 0.2) is 18.6 Å². The molecule has 138 valence electrons. The van der Waals surface area contributed by atoms with Crippen molar-refractivity contribution in [2.45, 2.75) is 45.2 Å². The highest BCUT2D eigenvalue weighted by atomic mass is 16.2. The normalized spacial score (nSPS) is 23.9. The third kappa shape index (κ3) is 4.18. The minimum absolute atomic E-state index is 0.0233. The Bertz CT molecular complexity index is 570. The first-order valence-electron chi connectivity index (χ1n) is 9.45. The molecule has 0 unspecified atom stereocenters. The van der Waals surface area contributed by atoms with Crippen LogP contribution in [0.1, 0.15) is 38.3 Å². The first-order chi connectivity index (χ1) is 12.0. The standard InChI is InChI=1S/C19H31N5O/c1-4-9-24-14-19(6-10-22(2)11-7-19)12-17(24)18(25)23(3)13-16-5-8-20-15-21-16/h5,8,15,17H,4,6-7,9-14H2,1-3H3/t17-/m1/s1. The maximum absolute atomic E-state index is 13.2. The van der Waals surface area contributed by atoms with E-state index in [0.717, 1.165) is 44.7 Å². The molecule has 1 aromatic rings. The fourth-order valence-electron chi connectivity index (χ4n) is 4.35. The Hall–Kier alpha value is -1.53. The van der Waals surface area contributed by atoms with Gasteiger partial charge in [0.25, 0.3) is 0 Å². The lowest BCUT2D eigenvalue weighted by Crippen LogP contribution is -2.44. The zero-order valence-electron chi connectivity index (χ0n) is 15.8. The predicted octanol–water partition coefficient (Wildman–Crippen LogP) is 1.63. The fourth-order valence-corrected chi connectivity index (χ4v) is 4.35. The summed E-state index contributed by atoms with van der Waals surface area (Å²) >= 11 is 0. The number of piperidine rings is 1. The number of hydrogen-bond donors (Lipinski definition) is 0. The molecule has 1 amide bonds. The third-order valence-electron chi connectivity index (χ3n) is 5.87. The Morgan fingerprint density at radius 3 is 2.80 bits per heavy atom. The first-order valence-corrected chi connectivity index (χ1v) is 9.45. The van der Waals surface area contributed by atoms with Gasteiger partial charge in [-0.15, -0.1) is 0 Å². The van der Waals surface area contributed by atoms with Crippen molar-refractivity contribution in [2.75, 3.05) is 40.3 Å². The van der Waals surface area contributed by atoms with E-state index in [1.807, 2.05) is 18.0 Å². The third-order valence-corrected chi connectivity index (χ3v) is 5.87. The van der Waals surface area contributed by atoms with E-state index < -0.39 is 0 Å². The molecule has 6 heteroatoms. The SMILES string of the molecule is CCCN1CC2(CCN(C)CC2)C[C@@H]1C(=O)N(C)Cc1ccncn1. The number of carbonyl (C=O) groups is 1. The highest BCUT2D eigenvalue weighted by Gasteiger charge is 2.47. The molecule has 0 bridgehead atoms. The van der Waals surface area contributed by atoms with Gasteiger partial charge < -0.3 is 9.80 Å². The lowest BCUT2D eigenvalue weighted by atomic mass is 9.76. The van der Waals surface area contributed by atoms with Gasteiger partial charge in [0.05, 0.1) is 18.3 Å². The van der Waals surface area contributed by atoms with Crippen LogP contribution in [-0.4, -0.2) is 76.9 Å². The summed E-state index contributed by atoms with van der Waals surface area (Å²) in [7, 11) is 4.10. The zero-order valence-corrected chi connectivity index (χ0v) is 15.8. The van der Waals surface area contributed by atoms with Gasteiger partial charge in [0, 0.05) is 19.8 Å². The van der Waals surface area contributed by atoms with Gasteiger partial charge >= 0.3 is 0 Å². The van der Waals surface area contributed by atoms with Crippen LogP contribution in [-0.2, 0) is 11.3 Å². The molecule has 3 heterocycles. The van der Waals surface area contributed by atoms with Crippen molar-refractivity contribution in [3.8, 4) is 0 Å². The number of rotatable bonds is 5. The van der Waals surface area contributed by atoms with E-state index in [1.54, 1.807) is 12.5 Å². The summed E-state index contributed by atoms with van der Waals surface area (Å²) in [4.78, 5) is 28.0. The lowest BCUT2D eigenvalue weighted by molar-refractivity contribution is -0.135. The number of nitrogens with zero attached hydrogens (tertiary/aromatic N) is 5. The monoisotopic (exact) mass is 345 g/mol. The van der Waals surface area contributed by atoms with E-state index in [0.29, 0.717) is 12.0 Å². The van der Waals surface area contributed by atoms with Crippen molar-refractivity contribution in [2.24, 2.45) is 5.41 Å². The number of likely N-dealkylation sites (tertiary alicyclic amines) is 2. The van der Waals surface area contributed by atoms with Gasteiger partial charge in [-0.3, -0.25) is 9.69 Å². The van der Waals surface area contributed by atoms with E-state index >= 15 is 0 Å². The van der Waals surface area contributed by atoms with Crippen molar-refractivity contribution in [3.05, 3.63) is 24.3 Å². The number of likely N-dealkylation sites (N-methyl/N-ethyl adjacent to an activating group) is 1. The molecule has 1 spiro atoms. The smallest absolute Gasteiger partial charge is 0.240 e. The summed E-state index contributed by atoms with van der Waals surface area (Å²) in [5.41, 5.74) is 1.22. The molecule has 0 saturated carbocycles. The summed E-state index contributed by atoms with van der Waals surface area (Å²) in [5.74, 6) is 0.239. The summed E-state index contributed by atoms with van der Waals surface area (Å²) in [5, 5.41) is 0. The quantitative estimate of drug-likeness (QED) is 0.812. The van der Waals surface area contributed by atoms with Crippen LogP contribution in [0.2, 0.25) is 0 Å². The molecule has 0 N–H and O–H groups in total. The molecule has 2 fully saturated rings. The Kier molecular flexibility index (Phi) is 5.69. The van der Waals surface area contributed by atoms with Gasteiger partial charge in [0.15, 0.2) is 0 Å². The predicted molar refractivity (Wildman–Crippen MR) is 97.9 cm³/mol. The summed E-state index contributed by atoms with van der Waals surface area (Å²) in [6.07, 6.45) is 7.79.